The number of hydrogen-bond donors (Lipinski definition) is 2. The molecule has 0 saturated carbocycles. The highest BCUT2D eigenvalue weighted by molar-refractivity contribution is 5.99. The van der Waals surface area contributed by atoms with Crippen molar-refractivity contribution in [3.63, 3.8) is 0 Å². The van der Waals surface area contributed by atoms with Crippen LogP contribution in [0, 0.1) is 0 Å². The molecular weight excluding hydrogens is 388 g/mol. The number of Topliss-reactive ketones (excluding diaryl/α,β-unsaturated/α-hetero) is 1. The maximum Gasteiger partial charge on any atom is 0.308 e. The molecule has 0 aliphatic rings. The summed E-state index contributed by atoms with van der Waals surface area (Å²) < 4.78 is 9.88. The number of carbonyl (C=O) groups is 4. The quantitative estimate of drug-likeness (QED) is 0.313. The largest absolute Gasteiger partial charge is 0.459 e. The minimum atomic E-state index is -0.598. The standard InChI is InChI=1S/C22H26N2O6/c1-2-3-4-7-20(26)24-17-10-8-16(9-11-17)18(25)15-30-21(27)12-13-23-22(28)19-6-5-14-29-19/h5-6,8-11,14H,2-4,7,12-13,15H2,1H3,(H,23,28)(H,24,26). The second kappa shape index (κ2) is 12.2. The molecule has 0 bridgehead atoms. The fraction of sp³-hybridized carbons (Fsp3) is 0.364. The molecule has 1 aromatic heterocycles. The van der Waals surface area contributed by atoms with Crippen molar-refractivity contribution >= 4 is 29.3 Å². The Labute approximate surface area is 175 Å². The third kappa shape index (κ3) is 7.90. The van der Waals surface area contributed by atoms with Crippen LogP contribution in [0.4, 0.5) is 5.69 Å². The van der Waals surface area contributed by atoms with E-state index in [1.807, 2.05) is 0 Å². The predicted molar refractivity (Wildman–Crippen MR) is 110 cm³/mol. The third-order valence-corrected chi connectivity index (χ3v) is 4.22. The van der Waals surface area contributed by atoms with Crippen molar-refractivity contribution < 1.29 is 28.3 Å². The van der Waals surface area contributed by atoms with Gasteiger partial charge in [-0.3, -0.25) is 19.2 Å². The summed E-state index contributed by atoms with van der Waals surface area (Å²) in [6.45, 7) is 1.75. The zero-order chi connectivity index (χ0) is 21.8. The number of esters is 1. The number of ketones is 1. The van der Waals surface area contributed by atoms with E-state index in [4.69, 9.17) is 9.15 Å². The van der Waals surface area contributed by atoms with E-state index in [1.165, 1.54) is 12.3 Å². The average Bonchev–Trinajstić information content (AvgIpc) is 3.28. The molecular formula is C22H26N2O6. The van der Waals surface area contributed by atoms with Crippen LogP contribution in [-0.4, -0.2) is 36.7 Å². The summed E-state index contributed by atoms with van der Waals surface area (Å²) >= 11 is 0. The fourth-order valence-electron chi connectivity index (χ4n) is 2.57. The van der Waals surface area contributed by atoms with Gasteiger partial charge in [-0.25, -0.2) is 0 Å². The Morgan fingerprint density at radius 2 is 1.77 bits per heavy atom. The van der Waals surface area contributed by atoms with Crippen LogP contribution in [0.15, 0.2) is 47.1 Å². The second-order valence-corrected chi connectivity index (χ2v) is 6.65. The highest BCUT2D eigenvalue weighted by Crippen LogP contribution is 2.12. The molecule has 0 aliphatic carbocycles. The van der Waals surface area contributed by atoms with E-state index < -0.39 is 18.5 Å². The van der Waals surface area contributed by atoms with Crippen LogP contribution in [0.2, 0.25) is 0 Å². The Morgan fingerprint density at radius 1 is 1.00 bits per heavy atom. The molecule has 1 heterocycles. The van der Waals surface area contributed by atoms with Gasteiger partial charge in [-0.1, -0.05) is 19.8 Å². The average molecular weight is 414 g/mol. The Kier molecular flexibility index (Phi) is 9.30. The lowest BCUT2D eigenvalue weighted by atomic mass is 10.1. The van der Waals surface area contributed by atoms with Gasteiger partial charge in [-0.2, -0.15) is 0 Å². The Morgan fingerprint density at radius 3 is 2.43 bits per heavy atom. The van der Waals surface area contributed by atoms with Gasteiger partial charge >= 0.3 is 5.97 Å². The van der Waals surface area contributed by atoms with Gasteiger partial charge in [0.1, 0.15) is 0 Å². The minimum absolute atomic E-state index is 0.0596. The summed E-state index contributed by atoms with van der Waals surface area (Å²) in [5.74, 6) is -1.29. The molecule has 8 nitrogen and oxygen atoms in total. The van der Waals surface area contributed by atoms with Crippen LogP contribution >= 0.6 is 0 Å². The molecule has 8 heteroatoms. The van der Waals surface area contributed by atoms with Crippen LogP contribution in [0.5, 0.6) is 0 Å². The first kappa shape index (κ1) is 22.9. The van der Waals surface area contributed by atoms with Gasteiger partial charge in [-0.05, 0) is 42.8 Å². The zero-order valence-corrected chi connectivity index (χ0v) is 16.9. The molecule has 0 atom stereocenters. The van der Waals surface area contributed by atoms with Crippen LogP contribution in [0.3, 0.4) is 0 Å². The second-order valence-electron chi connectivity index (χ2n) is 6.65. The first-order valence-electron chi connectivity index (χ1n) is 9.90. The van der Waals surface area contributed by atoms with Crippen LogP contribution < -0.4 is 10.6 Å². The van der Waals surface area contributed by atoms with Crippen LogP contribution in [0.1, 0.15) is 59.9 Å². The fourth-order valence-corrected chi connectivity index (χ4v) is 2.57. The SMILES string of the molecule is CCCCCC(=O)Nc1ccc(C(=O)COC(=O)CCNC(=O)c2ccco2)cc1. The van der Waals surface area contributed by atoms with Crippen molar-refractivity contribution in [1.82, 2.24) is 5.32 Å². The number of ether oxygens (including phenoxy) is 1. The number of rotatable bonds is 12. The number of unbranched alkanes of at least 4 members (excludes halogenated alkanes) is 2. The lowest BCUT2D eigenvalue weighted by molar-refractivity contribution is -0.142. The smallest absolute Gasteiger partial charge is 0.308 e. The number of hydrogen-bond acceptors (Lipinski definition) is 6. The van der Waals surface area contributed by atoms with Crippen molar-refractivity contribution in [3.05, 3.63) is 54.0 Å². The van der Waals surface area contributed by atoms with Gasteiger partial charge in [-0.15, -0.1) is 0 Å². The predicted octanol–water partition coefficient (Wildman–Crippen LogP) is 3.34. The number of furan rings is 1. The molecule has 30 heavy (non-hydrogen) atoms. The van der Waals surface area contributed by atoms with E-state index in [9.17, 15) is 19.2 Å². The van der Waals surface area contributed by atoms with E-state index in [2.05, 4.69) is 17.6 Å². The molecule has 0 fully saturated rings. The summed E-state index contributed by atoms with van der Waals surface area (Å²) in [5, 5.41) is 5.30. The highest BCUT2D eigenvalue weighted by atomic mass is 16.5. The summed E-state index contributed by atoms with van der Waals surface area (Å²) in [6.07, 6.45) is 4.68. The lowest BCUT2D eigenvalue weighted by Gasteiger charge is -2.07. The molecule has 0 unspecified atom stereocenters. The summed E-state index contributed by atoms with van der Waals surface area (Å²) in [4.78, 5) is 47.4. The molecule has 0 saturated heterocycles. The van der Waals surface area contributed by atoms with Crippen molar-refractivity contribution in [3.8, 4) is 0 Å². The molecule has 1 aromatic carbocycles. The minimum Gasteiger partial charge on any atom is -0.459 e. The van der Waals surface area contributed by atoms with Crippen molar-refractivity contribution in [2.45, 2.75) is 39.0 Å². The van der Waals surface area contributed by atoms with Gasteiger partial charge < -0.3 is 19.8 Å². The molecule has 2 N–H and O–H groups in total. The Bertz CT molecular complexity index is 843. The van der Waals surface area contributed by atoms with Crippen molar-refractivity contribution in [2.75, 3.05) is 18.5 Å². The first-order chi connectivity index (χ1) is 14.5. The van der Waals surface area contributed by atoms with Gasteiger partial charge in [0.25, 0.3) is 5.91 Å². The zero-order valence-electron chi connectivity index (χ0n) is 16.9. The number of anilines is 1. The maximum absolute atomic E-state index is 12.1. The lowest BCUT2D eigenvalue weighted by Crippen LogP contribution is -2.26. The first-order valence-corrected chi connectivity index (χ1v) is 9.90. The van der Waals surface area contributed by atoms with Crippen LogP contribution in [0.25, 0.3) is 0 Å². The summed E-state index contributed by atoms with van der Waals surface area (Å²) in [6, 6.07) is 9.51. The molecule has 2 aromatic rings. The van der Waals surface area contributed by atoms with E-state index in [0.717, 1.165) is 19.3 Å². The van der Waals surface area contributed by atoms with Gasteiger partial charge in [0.2, 0.25) is 5.91 Å². The molecule has 2 amide bonds. The van der Waals surface area contributed by atoms with Crippen molar-refractivity contribution in [1.29, 1.82) is 0 Å². The molecule has 2 rings (SSSR count). The maximum atomic E-state index is 12.1. The van der Waals surface area contributed by atoms with E-state index >= 15 is 0 Å². The molecule has 0 radical (unpaired) electrons. The summed E-state index contributed by atoms with van der Waals surface area (Å²) in [7, 11) is 0. The third-order valence-electron chi connectivity index (χ3n) is 4.22. The summed E-state index contributed by atoms with van der Waals surface area (Å²) in [5.41, 5.74) is 0.982. The Hall–Kier alpha value is -3.42. The van der Waals surface area contributed by atoms with Gasteiger partial charge in [0.05, 0.1) is 12.7 Å². The number of carbonyl (C=O) groups excluding carboxylic acids is 4. The molecule has 0 spiro atoms. The van der Waals surface area contributed by atoms with Crippen molar-refractivity contribution in [2.24, 2.45) is 0 Å². The monoisotopic (exact) mass is 414 g/mol. The molecule has 160 valence electrons. The highest BCUT2D eigenvalue weighted by Gasteiger charge is 2.12. The normalized spacial score (nSPS) is 10.3. The van der Waals surface area contributed by atoms with Gasteiger partial charge in [0.15, 0.2) is 18.2 Å². The molecule has 0 aliphatic heterocycles. The van der Waals surface area contributed by atoms with E-state index in [-0.39, 0.29) is 30.4 Å². The Balaban J connectivity index is 1.68. The number of benzene rings is 1. The van der Waals surface area contributed by atoms with Gasteiger partial charge in [0, 0.05) is 24.2 Å². The topological polar surface area (TPSA) is 115 Å². The van der Waals surface area contributed by atoms with E-state index in [0.29, 0.717) is 17.7 Å². The van der Waals surface area contributed by atoms with E-state index in [1.54, 1.807) is 30.3 Å². The number of amides is 2. The van der Waals surface area contributed by atoms with Crippen LogP contribution in [-0.2, 0) is 14.3 Å². The number of nitrogens with one attached hydrogen (secondary N) is 2.